The molecule has 0 saturated heterocycles. The molecule has 7 heteroatoms. The average molecular weight is 260 g/mol. The molecule has 1 aromatic heterocycles. The number of nitrogens with zero attached hydrogens (tertiary/aromatic N) is 2. The minimum absolute atomic E-state index is 0.126. The third-order valence-electron chi connectivity index (χ3n) is 2.90. The molecule has 0 aliphatic heterocycles. The predicted molar refractivity (Wildman–Crippen MR) is 66.1 cm³/mol. The minimum Gasteiger partial charge on any atom is -0.330 e. The fourth-order valence-corrected chi connectivity index (χ4v) is 3.44. The molecular weight excluding hydrogens is 240 g/mol. The van der Waals surface area contributed by atoms with E-state index in [2.05, 4.69) is 10.2 Å². The van der Waals surface area contributed by atoms with Crippen LogP contribution in [-0.2, 0) is 10.0 Å². The molecule has 0 saturated carbocycles. The van der Waals surface area contributed by atoms with E-state index in [9.17, 15) is 8.42 Å². The second-order valence-corrected chi connectivity index (χ2v) is 6.15. The van der Waals surface area contributed by atoms with Crippen molar-refractivity contribution in [3.8, 4) is 0 Å². The molecule has 0 aromatic carbocycles. The first-order valence-corrected chi connectivity index (χ1v) is 6.96. The van der Waals surface area contributed by atoms with Crippen LogP contribution >= 0.6 is 0 Å². The van der Waals surface area contributed by atoms with Gasteiger partial charge in [0, 0.05) is 13.1 Å². The van der Waals surface area contributed by atoms with Crippen molar-refractivity contribution in [1.82, 2.24) is 14.5 Å². The molecule has 1 unspecified atom stereocenters. The molecule has 1 atom stereocenters. The van der Waals surface area contributed by atoms with Gasteiger partial charge in [-0.3, -0.25) is 5.10 Å². The first-order valence-electron chi connectivity index (χ1n) is 5.52. The highest BCUT2D eigenvalue weighted by Crippen LogP contribution is 2.22. The molecule has 0 aliphatic rings. The van der Waals surface area contributed by atoms with Crippen molar-refractivity contribution in [3.05, 3.63) is 11.4 Å². The van der Waals surface area contributed by atoms with Gasteiger partial charge in [-0.15, -0.1) is 0 Å². The second kappa shape index (κ2) is 5.16. The summed E-state index contributed by atoms with van der Waals surface area (Å²) in [4.78, 5) is 0.267. The molecule has 0 amide bonds. The van der Waals surface area contributed by atoms with E-state index in [0.717, 1.165) is 0 Å². The van der Waals surface area contributed by atoms with E-state index in [1.54, 1.807) is 20.9 Å². The van der Waals surface area contributed by atoms with Crippen LogP contribution in [0.2, 0.25) is 0 Å². The number of aryl methyl sites for hydroxylation is 2. The van der Waals surface area contributed by atoms with Gasteiger partial charge in [-0.25, -0.2) is 8.42 Å². The van der Waals surface area contributed by atoms with E-state index in [4.69, 9.17) is 5.73 Å². The van der Waals surface area contributed by atoms with E-state index in [0.29, 0.717) is 24.4 Å². The lowest BCUT2D eigenvalue weighted by Crippen LogP contribution is -2.36. The van der Waals surface area contributed by atoms with Crippen molar-refractivity contribution in [2.75, 3.05) is 13.6 Å². The Bertz CT molecular complexity index is 461. The Hall–Kier alpha value is -0.920. The van der Waals surface area contributed by atoms with Gasteiger partial charge in [0.1, 0.15) is 4.90 Å². The zero-order valence-corrected chi connectivity index (χ0v) is 11.5. The van der Waals surface area contributed by atoms with Gasteiger partial charge >= 0.3 is 0 Å². The summed E-state index contributed by atoms with van der Waals surface area (Å²) >= 11 is 0. The van der Waals surface area contributed by atoms with Crippen LogP contribution in [0.15, 0.2) is 4.90 Å². The molecule has 3 N–H and O–H groups in total. The lowest BCUT2D eigenvalue weighted by atomic mass is 10.2. The summed E-state index contributed by atoms with van der Waals surface area (Å²) in [7, 11) is -1.92. The Morgan fingerprint density at radius 2 is 2.06 bits per heavy atom. The highest BCUT2D eigenvalue weighted by atomic mass is 32.2. The van der Waals surface area contributed by atoms with Gasteiger partial charge < -0.3 is 5.73 Å². The van der Waals surface area contributed by atoms with Gasteiger partial charge in [0.15, 0.2) is 0 Å². The van der Waals surface area contributed by atoms with Crippen molar-refractivity contribution in [2.24, 2.45) is 5.73 Å². The number of H-pyrrole nitrogens is 1. The lowest BCUT2D eigenvalue weighted by molar-refractivity contribution is 0.374. The Labute approximate surface area is 102 Å². The standard InChI is InChI=1S/C10H20N4O2S/c1-7(5-6-11)14(4)17(15,16)10-8(2)12-13-9(10)3/h7H,5-6,11H2,1-4H3,(H,12,13). The maximum absolute atomic E-state index is 12.4. The number of sulfonamides is 1. The van der Waals surface area contributed by atoms with Gasteiger partial charge in [-0.05, 0) is 33.7 Å². The van der Waals surface area contributed by atoms with Gasteiger partial charge in [0.2, 0.25) is 10.0 Å². The Morgan fingerprint density at radius 1 is 1.47 bits per heavy atom. The molecule has 1 aromatic rings. The number of hydrogen-bond donors (Lipinski definition) is 2. The summed E-state index contributed by atoms with van der Waals surface area (Å²) in [5, 5.41) is 6.60. The van der Waals surface area contributed by atoms with E-state index in [1.807, 2.05) is 6.92 Å². The molecule has 98 valence electrons. The summed E-state index contributed by atoms with van der Waals surface area (Å²) in [6, 6.07) is -0.126. The summed E-state index contributed by atoms with van der Waals surface area (Å²) < 4.78 is 26.1. The molecule has 0 spiro atoms. The first-order chi connectivity index (χ1) is 7.82. The van der Waals surface area contributed by atoms with Crippen molar-refractivity contribution in [2.45, 2.75) is 38.1 Å². The van der Waals surface area contributed by atoms with Crippen LogP contribution in [0.1, 0.15) is 24.7 Å². The SMILES string of the molecule is Cc1n[nH]c(C)c1S(=O)(=O)N(C)C(C)CCN. The van der Waals surface area contributed by atoms with Crippen molar-refractivity contribution in [3.63, 3.8) is 0 Å². The van der Waals surface area contributed by atoms with E-state index in [1.165, 1.54) is 4.31 Å². The van der Waals surface area contributed by atoms with Gasteiger partial charge in [-0.2, -0.15) is 9.40 Å². The van der Waals surface area contributed by atoms with Crippen molar-refractivity contribution in [1.29, 1.82) is 0 Å². The average Bonchev–Trinajstić information content (AvgIpc) is 2.58. The normalized spacial score (nSPS) is 14.2. The number of nitrogens with one attached hydrogen (secondary N) is 1. The summed E-state index contributed by atoms with van der Waals surface area (Å²) in [5.41, 5.74) is 6.51. The predicted octanol–water partition coefficient (Wildman–Crippen LogP) is 0.384. The molecule has 1 heterocycles. The number of nitrogens with two attached hydrogens (primary N) is 1. The van der Waals surface area contributed by atoms with Crippen LogP contribution in [0, 0.1) is 13.8 Å². The third kappa shape index (κ3) is 2.67. The zero-order valence-electron chi connectivity index (χ0n) is 10.7. The van der Waals surface area contributed by atoms with E-state index >= 15 is 0 Å². The van der Waals surface area contributed by atoms with Gasteiger partial charge in [0.25, 0.3) is 0 Å². The van der Waals surface area contributed by atoms with Gasteiger partial charge in [-0.1, -0.05) is 0 Å². The molecular formula is C10H20N4O2S. The fourth-order valence-electron chi connectivity index (χ4n) is 1.72. The topological polar surface area (TPSA) is 92.1 Å². The van der Waals surface area contributed by atoms with Crippen LogP contribution in [-0.4, -0.2) is 42.6 Å². The maximum atomic E-state index is 12.4. The second-order valence-electron chi connectivity index (χ2n) is 4.21. The fraction of sp³-hybridized carbons (Fsp3) is 0.700. The number of rotatable bonds is 5. The summed E-state index contributed by atoms with van der Waals surface area (Å²) in [6.07, 6.45) is 0.631. The van der Waals surface area contributed by atoms with Crippen LogP contribution < -0.4 is 5.73 Å². The molecule has 0 radical (unpaired) electrons. The Morgan fingerprint density at radius 3 is 2.47 bits per heavy atom. The van der Waals surface area contributed by atoms with Crippen LogP contribution in [0.25, 0.3) is 0 Å². The molecule has 6 nitrogen and oxygen atoms in total. The van der Waals surface area contributed by atoms with Crippen LogP contribution in [0.3, 0.4) is 0 Å². The first kappa shape index (κ1) is 14.1. The largest absolute Gasteiger partial charge is 0.330 e. The van der Waals surface area contributed by atoms with Crippen molar-refractivity contribution < 1.29 is 8.42 Å². The van der Waals surface area contributed by atoms with Crippen LogP contribution in [0.5, 0.6) is 0 Å². The molecule has 0 aliphatic carbocycles. The summed E-state index contributed by atoms with van der Waals surface area (Å²) in [6.45, 7) is 5.69. The Kier molecular flexibility index (Phi) is 4.29. The van der Waals surface area contributed by atoms with E-state index in [-0.39, 0.29) is 10.9 Å². The molecule has 1 rings (SSSR count). The highest BCUT2D eigenvalue weighted by molar-refractivity contribution is 7.89. The highest BCUT2D eigenvalue weighted by Gasteiger charge is 2.29. The molecule has 0 fully saturated rings. The molecule has 0 bridgehead atoms. The monoisotopic (exact) mass is 260 g/mol. The van der Waals surface area contributed by atoms with Gasteiger partial charge in [0.05, 0.1) is 11.4 Å². The summed E-state index contributed by atoms with van der Waals surface area (Å²) in [5.74, 6) is 0. The minimum atomic E-state index is -3.49. The van der Waals surface area contributed by atoms with E-state index < -0.39 is 10.0 Å². The quantitative estimate of drug-likeness (QED) is 0.800. The third-order valence-corrected chi connectivity index (χ3v) is 5.14. The van der Waals surface area contributed by atoms with Crippen molar-refractivity contribution >= 4 is 10.0 Å². The number of hydrogen-bond acceptors (Lipinski definition) is 4. The smallest absolute Gasteiger partial charge is 0.246 e. The number of aromatic nitrogens is 2. The zero-order chi connectivity index (χ0) is 13.2. The number of aromatic amines is 1. The molecule has 17 heavy (non-hydrogen) atoms. The lowest BCUT2D eigenvalue weighted by Gasteiger charge is -2.23. The van der Waals surface area contributed by atoms with Crippen LogP contribution in [0.4, 0.5) is 0 Å². The Balaban J connectivity index is 3.12. The maximum Gasteiger partial charge on any atom is 0.246 e.